The van der Waals surface area contributed by atoms with Crippen LogP contribution in [0, 0.1) is 11.8 Å². The van der Waals surface area contributed by atoms with Gasteiger partial charge in [-0.05, 0) is 31.1 Å². The Balaban J connectivity index is 3.69. The Morgan fingerprint density at radius 1 is 0.900 bits per heavy atom. The average Bonchev–Trinajstić information content (AvgIpc) is 2.41. The summed E-state index contributed by atoms with van der Waals surface area (Å²) in [6.45, 7) is 9.53. The third kappa shape index (κ3) is 12.5. The molecule has 0 amide bonds. The number of carbonyl (C=O) groups is 1. The van der Waals surface area contributed by atoms with E-state index in [-0.39, 0.29) is 5.97 Å². The summed E-state index contributed by atoms with van der Waals surface area (Å²) in [5, 5.41) is 0. The smallest absolute Gasteiger partial charge is 0.305 e. The van der Waals surface area contributed by atoms with Crippen molar-refractivity contribution >= 4 is 5.97 Å². The second kappa shape index (κ2) is 13.5. The Labute approximate surface area is 126 Å². The van der Waals surface area contributed by atoms with Gasteiger partial charge in [-0.1, -0.05) is 66.2 Å². The van der Waals surface area contributed by atoms with Gasteiger partial charge in [0.15, 0.2) is 0 Å². The molecule has 0 aliphatic rings. The van der Waals surface area contributed by atoms with Crippen molar-refractivity contribution < 1.29 is 9.53 Å². The normalized spacial score (nSPS) is 12.7. The van der Waals surface area contributed by atoms with Gasteiger partial charge in [0.1, 0.15) is 0 Å². The Kier molecular flexibility index (Phi) is 13.1. The van der Waals surface area contributed by atoms with Crippen LogP contribution >= 0.6 is 0 Å². The summed E-state index contributed by atoms with van der Waals surface area (Å²) in [4.78, 5) is 11.7. The molecule has 0 aromatic heterocycles. The minimum atomic E-state index is 0.00495. The topological polar surface area (TPSA) is 26.3 Å². The average molecular weight is 284 g/mol. The number of carbonyl (C=O) groups excluding carboxylic acids is 1. The largest absolute Gasteiger partial charge is 0.465 e. The van der Waals surface area contributed by atoms with E-state index in [9.17, 15) is 4.79 Å². The molecule has 0 radical (unpaired) electrons. The van der Waals surface area contributed by atoms with Crippen molar-refractivity contribution in [3.05, 3.63) is 0 Å². The monoisotopic (exact) mass is 284 g/mol. The Morgan fingerprint density at radius 2 is 1.60 bits per heavy atom. The van der Waals surface area contributed by atoms with E-state index in [0.717, 1.165) is 18.8 Å². The number of unbranched alkanes of at least 4 members (excludes halogenated alkanes) is 3. The molecule has 1 unspecified atom stereocenters. The second-order valence-corrected chi connectivity index (χ2v) is 6.47. The first-order valence-corrected chi connectivity index (χ1v) is 8.75. The van der Waals surface area contributed by atoms with Crippen LogP contribution in [0.1, 0.15) is 91.9 Å². The number of ether oxygens (including phenoxy) is 1. The lowest BCUT2D eigenvalue weighted by molar-refractivity contribution is -0.145. The molecule has 120 valence electrons. The lowest BCUT2D eigenvalue weighted by atomic mass is 9.97. The highest BCUT2D eigenvalue weighted by Gasteiger charge is 2.11. The molecule has 0 fully saturated rings. The van der Waals surface area contributed by atoms with Crippen LogP contribution in [0.5, 0.6) is 0 Å². The minimum Gasteiger partial charge on any atom is -0.465 e. The number of hydrogen-bond donors (Lipinski definition) is 0. The Hall–Kier alpha value is -0.530. The van der Waals surface area contributed by atoms with Crippen molar-refractivity contribution in [2.75, 3.05) is 6.61 Å². The van der Waals surface area contributed by atoms with Crippen LogP contribution in [0.2, 0.25) is 0 Å². The fraction of sp³-hybridized carbons (Fsp3) is 0.944. The van der Waals surface area contributed by atoms with E-state index in [4.69, 9.17) is 4.74 Å². The van der Waals surface area contributed by atoms with Gasteiger partial charge < -0.3 is 4.74 Å². The van der Waals surface area contributed by atoms with E-state index < -0.39 is 0 Å². The fourth-order valence-electron chi connectivity index (χ4n) is 2.51. The van der Waals surface area contributed by atoms with Gasteiger partial charge in [0, 0.05) is 6.42 Å². The number of esters is 1. The van der Waals surface area contributed by atoms with E-state index in [0.29, 0.717) is 18.9 Å². The summed E-state index contributed by atoms with van der Waals surface area (Å²) in [6, 6.07) is 0. The first-order valence-electron chi connectivity index (χ1n) is 8.75. The highest BCUT2D eigenvalue weighted by atomic mass is 16.5. The lowest BCUT2D eigenvalue weighted by Gasteiger charge is -2.16. The highest BCUT2D eigenvalue weighted by molar-refractivity contribution is 5.69. The second-order valence-electron chi connectivity index (χ2n) is 6.47. The fourth-order valence-corrected chi connectivity index (χ4v) is 2.51. The molecule has 1 atom stereocenters. The molecule has 0 N–H and O–H groups in total. The van der Waals surface area contributed by atoms with Gasteiger partial charge in [-0.25, -0.2) is 0 Å². The van der Waals surface area contributed by atoms with Crippen LogP contribution in [0.25, 0.3) is 0 Å². The maximum Gasteiger partial charge on any atom is 0.305 e. The summed E-state index contributed by atoms with van der Waals surface area (Å²) in [5.74, 6) is 1.31. The lowest BCUT2D eigenvalue weighted by Crippen LogP contribution is -2.14. The van der Waals surface area contributed by atoms with Crippen molar-refractivity contribution in [3.8, 4) is 0 Å². The summed E-state index contributed by atoms with van der Waals surface area (Å²) in [6.07, 6.45) is 11.3. The number of hydrogen-bond acceptors (Lipinski definition) is 2. The highest BCUT2D eigenvalue weighted by Crippen LogP contribution is 2.17. The molecule has 0 saturated carbocycles. The standard InChI is InChI=1S/C18H36O2/c1-5-7-8-13-17(11-6-2)15-20-18(19)14-10-9-12-16(3)4/h16-17H,5-15H2,1-4H3. The molecule has 0 aromatic rings. The third-order valence-corrected chi connectivity index (χ3v) is 3.81. The Bertz CT molecular complexity index is 223. The SMILES string of the molecule is CCCCCC(CCC)COC(=O)CCCCC(C)C. The van der Waals surface area contributed by atoms with Gasteiger partial charge in [-0.15, -0.1) is 0 Å². The van der Waals surface area contributed by atoms with E-state index in [1.807, 2.05) is 0 Å². The van der Waals surface area contributed by atoms with E-state index >= 15 is 0 Å². The van der Waals surface area contributed by atoms with Gasteiger partial charge in [0.05, 0.1) is 6.61 Å². The summed E-state index contributed by atoms with van der Waals surface area (Å²) in [7, 11) is 0. The molecule has 0 spiro atoms. The van der Waals surface area contributed by atoms with Crippen molar-refractivity contribution in [1.29, 1.82) is 0 Å². The molecule has 20 heavy (non-hydrogen) atoms. The maximum atomic E-state index is 11.7. The first-order chi connectivity index (χ1) is 9.60. The minimum absolute atomic E-state index is 0.00495. The maximum absolute atomic E-state index is 11.7. The summed E-state index contributed by atoms with van der Waals surface area (Å²) < 4.78 is 5.46. The summed E-state index contributed by atoms with van der Waals surface area (Å²) >= 11 is 0. The quantitative estimate of drug-likeness (QED) is 0.318. The molecular weight excluding hydrogens is 248 g/mol. The summed E-state index contributed by atoms with van der Waals surface area (Å²) in [5.41, 5.74) is 0. The van der Waals surface area contributed by atoms with Gasteiger partial charge >= 0.3 is 5.97 Å². The van der Waals surface area contributed by atoms with Crippen LogP contribution in [0.15, 0.2) is 0 Å². The molecule has 0 aromatic carbocycles. The van der Waals surface area contributed by atoms with Crippen molar-refractivity contribution in [1.82, 2.24) is 0 Å². The van der Waals surface area contributed by atoms with Gasteiger partial charge in [0.25, 0.3) is 0 Å². The van der Waals surface area contributed by atoms with Crippen LogP contribution in [-0.2, 0) is 9.53 Å². The molecule has 0 rings (SSSR count). The Morgan fingerprint density at radius 3 is 2.20 bits per heavy atom. The van der Waals surface area contributed by atoms with Crippen LogP contribution in [-0.4, -0.2) is 12.6 Å². The van der Waals surface area contributed by atoms with Gasteiger partial charge in [-0.3, -0.25) is 4.79 Å². The van der Waals surface area contributed by atoms with Crippen molar-refractivity contribution in [2.45, 2.75) is 91.9 Å². The zero-order valence-electron chi connectivity index (χ0n) is 14.2. The van der Waals surface area contributed by atoms with E-state index in [2.05, 4.69) is 27.7 Å². The predicted molar refractivity (Wildman–Crippen MR) is 86.8 cm³/mol. The number of rotatable bonds is 13. The van der Waals surface area contributed by atoms with E-state index in [1.165, 1.54) is 44.9 Å². The first kappa shape index (κ1) is 19.5. The molecule has 2 nitrogen and oxygen atoms in total. The molecule has 0 saturated heterocycles. The third-order valence-electron chi connectivity index (χ3n) is 3.81. The van der Waals surface area contributed by atoms with Crippen LogP contribution in [0.3, 0.4) is 0 Å². The zero-order chi connectivity index (χ0) is 15.2. The molecule has 0 bridgehead atoms. The van der Waals surface area contributed by atoms with Crippen molar-refractivity contribution in [3.63, 3.8) is 0 Å². The predicted octanol–water partition coefficient (Wildman–Crippen LogP) is 5.74. The molecule has 2 heteroatoms. The molecule has 0 aliphatic carbocycles. The zero-order valence-corrected chi connectivity index (χ0v) is 14.2. The van der Waals surface area contributed by atoms with Gasteiger partial charge in [0.2, 0.25) is 0 Å². The van der Waals surface area contributed by atoms with Gasteiger partial charge in [-0.2, -0.15) is 0 Å². The van der Waals surface area contributed by atoms with Crippen LogP contribution in [0.4, 0.5) is 0 Å². The molecular formula is C18H36O2. The van der Waals surface area contributed by atoms with Crippen LogP contribution < -0.4 is 0 Å². The molecule has 0 heterocycles. The molecule has 0 aliphatic heterocycles. The van der Waals surface area contributed by atoms with Crippen molar-refractivity contribution in [2.24, 2.45) is 11.8 Å². The van der Waals surface area contributed by atoms with E-state index in [1.54, 1.807) is 0 Å².